The number of hydrogen-bond donors (Lipinski definition) is 2. The smallest absolute Gasteiger partial charge is 0.191 e. The molecule has 0 atom stereocenters. The van der Waals surface area contributed by atoms with E-state index in [2.05, 4.69) is 36.5 Å². The molecule has 2 aromatic rings. The zero-order valence-electron chi connectivity index (χ0n) is 16.2. The van der Waals surface area contributed by atoms with Crippen molar-refractivity contribution in [3.63, 3.8) is 0 Å². The van der Waals surface area contributed by atoms with Gasteiger partial charge in [-0.2, -0.15) is 0 Å². The lowest BCUT2D eigenvalue weighted by molar-refractivity contribution is 0.408. The van der Waals surface area contributed by atoms with Crippen molar-refractivity contribution in [2.75, 3.05) is 32.1 Å². The molecule has 0 aromatic heterocycles. The molecule has 0 spiro atoms. The highest BCUT2D eigenvalue weighted by Gasteiger charge is 2.20. The highest BCUT2D eigenvalue weighted by atomic mass is 79.9. The largest absolute Gasteiger partial charge is 0.496 e. The van der Waals surface area contributed by atoms with E-state index in [1.54, 1.807) is 26.3 Å². The van der Waals surface area contributed by atoms with E-state index in [1.165, 1.54) is 6.07 Å². The quantitative estimate of drug-likeness (QED) is 0.537. The summed E-state index contributed by atoms with van der Waals surface area (Å²) < 4.78 is 19.9. The summed E-state index contributed by atoms with van der Waals surface area (Å²) in [5.74, 6) is 1.42. The van der Waals surface area contributed by atoms with Crippen molar-refractivity contribution in [3.05, 3.63) is 58.3 Å². The maximum absolute atomic E-state index is 13.4. The Labute approximate surface area is 174 Å². The van der Waals surface area contributed by atoms with Crippen LogP contribution in [0.2, 0.25) is 0 Å². The second-order valence-electron chi connectivity index (χ2n) is 6.77. The molecule has 1 aliphatic heterocycles. The molecular formula is C21H26BrFN4O. The Balaban J connectivity index is 1.51. The van der Waals surface area contributed by atoms with Crippen LogP contribution in [0.15, 0.2) is 51.9 Å². The van der Waals surface area contributed by atoms with E-state index in [0.717, 1.165) is 53.4 Å². The predicted octanol–water partition coefficient (Wildman–Crippen LogP) is 3.93. The predicted molar refractivity (Wildman–Crippen MR) is 116 cm³/mol. The van der Waals surface area contributed by atoms with E-state index in [1.807, 2.05) is 24.3 Å². The lowest BCUT2D eigenvalue weighted by Gasteiger charge is -2.34. The summed E-state index contributed by atoms with van der Waals surface area (Å²) in [6.45, 7) is 2.39. The van der Waals surface area contributed by atoms with Crippen molar-refractivity contribution >= 4 is 27.6 Å². The molecule has 0 unspecified atom stereocenters. The van der Waals surface area contributed by atoms with Crippen molar-refractivity contribution in [2.24, 2.45) is 4.99 Å². The van der Waals surface area contributed by atoms with Gasteiger partial charge in [0.05, 0.1) is 7.11 Å². The first kappa shape index (κ1) is 20.5. The molecule has 3 rings (SSSR count). The van der Waals surface area contributed by atoms with Gasteiger partial charge in [0.2, 0.25) is 0 Å². The summed E-state index contributed by atoms with van der Waals surface area (Å²) in [6.07, 6.45) is 1.94. The van der Waals surface area contributed by atoms with Gasteiger partial charge in [0, 0.05) is 48.4 Å². The number of aliphatic imine (C=N–C) groups is 1. The summed E-state index contributed by atoms with van der Waals surface area (Å²) in [5, 5.41) is 6.86. The molecule has 1 fully saturated rings. The SMILES string of the molecule is CN=C(NCc1cc(Br)ccc1OC)NC1CCN(c2cccc(F)c2)CC1. The van der Waals surface area contributed by atoms with Crippen molar-refractivity contribution in [1.29, 1.82) is 0 Å². The Kier molecular flexibility index (Phi) is 7.14. The molecule has 1 aliphatic rings. The van der Waals surface area contributed by atoms with E-state index >= 15 is 0 Å². The number of benzene rings is 2. The fraction of sp³-hybridized carbons (Fsp3) is 0.381. The van der Waals surface area contributed by atoms with Crippen LogP contribution in [0.5, 0.6) is 5.75 Å². The minimum absolute atomic E-state index is 0.190. The minimum atomic E-state index is -0.190. The third-order valence-corrected chi connectivity index (χ3v) is 5.41. The molecule has 28 heavy (non-hydrogen) atoms. The van der Waals surface area contributed by atoms with Crippen molar-refractivity contribution < 1.29 is 9.13 Å². The Bertz CT molecular complexity index is 822. The third kappa shape index (κ3) is 5.38. The molecule has 0 bridgehead atoms. The zero-order chi connectivity index (χ0) is 19.9. The summed E-state index contributed by atoms with van der Waals surface area (Å²) in [4.78, 5) is 6.57. The van der Waals surface area contributed by atoms with E-state index in [-0.39, 0.29) is 5.82 Å². The van der Waals surface area contributed by atoms with Gasteiger partial charge in [-0.1, -0.05) is 22.0 Å². The fourth-order valence-corrected chi connectivity index (χ4v) is 3.82. The number of halogens is 2. The number of piperidine rings is 1. The van der Waals surface area contributed by atoms with E-state index < -0.39 is 0 Å². The van der Waals surface area contributed by atoms with Crippen molar-refractivity contribution in [1.82, 2.24) is 10.6 Å². The van der Waals surface area contributed by atoms with Crippen LogP contribution in [0.1, 0.15) is 18.4 Å². The molecule has 150 valence electrons. The van der Waals surface area contributed by atoms with Crippen LogP contribution in [-0.2, 0) is 6.54 Å². The second-order valence-corrected chi connectivity index (χ2v) is 7.68. The van der Waals surface area contributed by atoms with Crippen LogP contribution in [0, 0.1) is 5.82 Å². The molecule has 2 N–H and O–H groups in total. The molecule has 0 aliphatic carbocycles. The number of guanidine groups is 1. The van der Waals surface area contributed by atoms with Crippen LogP contribution in [-0.4, -0.2) is 39.2 Å². The number of anilines is 1. The van der Waals surface area contributed by atoms with Crippen molar-refractivity contribution in [2.45, 2.75) is 25.4 Å². The highest BCUT2D eigenvalue weighted by Crippen LogP contribution is 2.23. The van der Waals surface area contributed by atoms with Crippen LogP contribution >= 0.6 is 15.9 Å². The lowest BCUT2D eigenvalue weighted by Crippen LogP contribution is -2.48. The van der Waals surface area contributed by atoms with Gasteiger partial charge in [0.25, 0.3) is 0 Å². The molecule has 1 heterocycles. The topological polar surface area (TPSA) is 48.9 Å². The average Bonchev–Trinajstić information content (AvgIpc) is 2.71. The maximum Gasteiger partial charge on any atom is 0.191 e. The van der Waals surface area contributed by atoms with Crippen LogP contribution < -0.4 is 20.3 Å². The van der Waals surface area contributed by atoms with Gasteiger partial charge in [0.1, 0.15) is 11.6 Å². The first-order valence-electron chi connectivity index (χ1n) is 9.39. The maximum atomic E-state index is 13.4. The molecule has 0 amide bonds. The van der Waals surface area contributed by atoms with Crippen molar-refractivity contribution in [3.8, 4) is 5.75 Å². The molecule has 0 saturated carbocycles. The fourth-order valence-electron chi connectivity index (χ4n) is 3.41. The standard InChI is InChI=1S/C21H26BrFN4O/c1-24-21(25-14-15-12-16(22)6-7-20(15)28-2)26-18-8-10-27(11-9-18)19-5-3-4-17(23)13-19/h3-7,12-13,18H,8-11,14H2,1-2H3,(H2,24,25,26). The lowest BCUT2D eigenvalue weighted by atomic mass is 10.0. The second kappa shape index (κ2) is 9.78. The van der Waals surface area contributed by atoms with Gasteiger partial charge in [-0.3, -0.25) is 4.99 Å². The van der Waals surface area contributed by atoms with Crippen LogP contribution in [0.4, 0.5) is 10.1 Å². The first-order chi connectivity index (χ1) is 13.6. The van der Waals surface area contributed by atoms with Crippen LogP contribution in [0.3, 0.4) is 0 Å². The Morgan fingerprint density at radius 2 is 2.04 bits per heavy atom. The van der Waals surface area contributed by atoms with E-state index in [0.29, 0.717) is 12.6 Å². The molecular weight excluding hydrogens is 423 g/mol. The summed E-state index contributed by atoms with van der Waals surface area (Å²) in [6, 6.07) is 13.1. The molecule has 0 radical (unpaired) electrons. The number of ether oxygens (including phenoxy) is 1. The van der Waals surface area contributed by atoms with Crippen LogP contribution in [0.25, 0.3) is 0 Å². The molecule has 7 heteroatoms. The van der Waals surface area contributed by atoms with E-state index in [4.69, 9.17) is 4.74 Å². The number of rotatable bonds is 5. The Morgan fingerprint density at radius 1 is 1.25 bits per heavy atom. The highest BCUT2D eigenvalue weighted by molar-refractivity contribution is 9.10. The van der Waals surface area contributed by atoms with Gasteiger partial charge in [0.15, 0.2) is 5.96 Å². The summed E-state index contributed by atoms with van der Waals surface area (Å²) in [7, 11) is 3.45. The normalized spacial score (nSPS) is 15.4. The third-order valence-electron chi connectivity index (χ3n) is 4.92. The Morgan fingerprint density at radius 3 is 2.71 bits per heavy atom. The molecule has 1 saturated heterocycles. The Hall–Kier alpha value is -2.28. The van der Waals surface area contributed by atoms with Gasteiger partial charge < -0.3 is 20.3 Å². The number of hydrogen-bond acceptors (Lipinski definition) is 3. The van der Waals surface area contributed by atoms with E-state index in [9.17, 15) is 4.39 Å². The van der Waals surface area contributed by atoms with Gasteiger partial charge in [-0.15, -0.1) is 0 Å². The monoisotopic (exact) mass is 448 g/mol. The minimum Gasteiger partial charge on any atom is -0.496 e. The molecule has 2 aromatic carbocycles. The molecule has 5 nitrogen and oxygen atoms in total. The first-order valence-corrected chi connectivity index (χ1v) is 10.2. The zero-order valence-corrected chi connectivity index (χ0v) is 17.8. The summed E-state index contributed by atoms with van der Waals surface area (Å²) in [5.41, 5.74) is 2.00. The van der Waals surface area contributed by atoms with Gasteiger partial charge in [-0.25, -0.2) is 4.39 Å². The summed E-state index contributed by atoms with van der Waals surface area (Å²) >= 11 is 3.50. The number of nitrogens with zero attached hydrogens (tertiary/aromatic N) is 2. The average molecular weight is 449 g/mol. The number of nitrogens with one attached hydrogen (secondary N) is 2. The van der Waals surface area contributed by atoms with Gasteiger partial charge >= 0.3 is 0 Å². The number of methoxy groups -OCH3 is 1. The van der Waals surface area contributed by atoms with Gasteiger partial charge in [-0.05, 0) is 49.2 Å².